The van der Waals surface area contributed by atoms with E-state index in [1.165, 1.54) is 7.11 Å². The Morgan fingerprint density at radius 1 is 1.00 bits per heavy atom. The molecule has 10 heteroatoms. The third kappa shape index (κ3) is 5.73. The molecule has 0 unspecified atom stereocenters. The van der Waals surface area contributed by atoms with Gasteiger partial charge >= 0.3 is 31.7 Å². The number of hydrogen-bond donors (Lipinski definition) is 2. The van der Waals surface area contributed by atoms with Crippen LogP contribution in [0.1, 0.15) is 20.7 Å². The van der Waals surface area contributed by atoms with E-state index in [1.807, 2.05) is 0 Å². The highest BCUT2D eigenvalue weighted by molar-refractivity contribution is 14.2. The molecule has 0 fully saturated rings. The first-order valence-electron chi connectivity index (χ1n) is 6.27. The molecule has 0 saturated carbocycles. The van der Waals surface area contributed by atoms with E-state index in [9.17, 15) is 15.7 Å². The number of methoxy groups -OCH3 is 1. The maximum atomic E-state index is 11.2. The fourth-order valence-electron chi connectivity index (χ4n) is 1.59. The van der Waals surface area contributed by atoms with Crippen molar-refractivity contribution in [1.29, 1.82) is 0 Å². The van der Waals surface area contributed by atoms with Gasteiger partial charge in [0.1, 0.15) is 17.9 Å². The Kier molecular flexibility index (Phi) is 7.85. The minimum atomic E-state index is -4.18. The Balaban J connectivity index is 2.98. The van der Waals surface area contributed by atoms with Crippen LogP contribution in [0.4, 0.5) is 0 Å². The van der Waals surface area contributed by atoms with Crippen molar-refractivity contribution < 1.29 is 40.2 Å². The molecule has 0 aliphatic heterocycles. The topological polar surface area (TPSA) is 136 Å². The summed E-state index contributed by atoms with van der Waals surface area (Å²) in [6.45, 7) is 0.816. The number of halogens is 1. The second-order valence-electron chi connectivity index (χ2n) is 4.11. The molecule has 0 spiro atoms. The average molecular weight is 442 g/mol. The molecule has 1 rings (SSSR count). The van der Waals surface area contributed by atoms with Gasteiger partial charge in [0.25, 0.3) is 0 Å². The van der Waals surface area contributed by atoms with Crippen molar-refractivity contribution in [3.05, 3.63) is 26.8 Å². The number of hydrogen-bond acceptors (Lipinski definition) is 7. The van der Waals surface area contributed by atoms with Gasteiger partial charge in [-0.25, -0.2) is 15.7 Å². The normalized spacial score (nSPS) is 10.7. The van der Waals surface area contributed by atoms with Crippen molar-refractivity contribution in [1.82, 2.24) is 0 Å². The smallest absolute Gasteiger partial charge is 0.341 e. The van der Waals surface area contributed by atoms with Gasteiger partial charge in [-0.3, -0.25) is 0 Å². The zero-order valence-electron chi connectivity index (χ0n) is 12.1. The lowest BCUT2D eigenvalue weighted by atomic mass is 10.1. The molecule has 0 heterocycles. The minimum Gasteiger partial charge on any atom is -0.490 e. The molecule has 1 aromatic rings. The van der Waals surface area contributed by atoms with Crippen molar-refractivity contribution in [3.8, 4) is 5.75 Å². The summed E-state index contributed by atoms with van der Waals surface area (Å²) in [4.78, 5) is 22.3. The summed E-state index contributed by atoms with van der Waals surface area (Å²) in [6.07, 6.45) is 0. The number of benzene rings is 1. The van der Waals surface area contributed by atoms with Gasteiger partial charge in [0.2, 0.25) is 0 Å². The number of carboxylic acid groups (broad SMARTS) is 2. The van der Waals surface area contributed by atoms with E-state index in [1.54, 1.807) is 0 Å². The van der Waals surface area contributed by atoms with Gasteiger partial charge in [0.15, 0.2) is 0 Å². The van der Waals surface area contributed by atoms with E-state index in [4.69, 9.17) is 24.4 Å². The average Bonchev–Trinajstić information content (AvgIpc) is 2.49. The van der Waals surface area contributed by atoms with Crippen molar-refractivity contribution in [3.63, 3.8) is 0 Å². The molecule has 0 aromatic heterocycles. The zero-order chi connectivity index (χ0) is 17.4. The number of carboxylic acids is 2. The zero-order valence-corrected chi connectivity index (χ0v) is 14.3. The highest BCUT2D eigenvalue weighted by Crippen LogP contribution is 2.30. The van der Waals surface area contributed by atoms with E-state index in [-0.39, 0.29) is 19.0 Å². The van der Waals surface area contributed by atoms with Crippen molar-refractivity contribution in [2.75, 3.05) is 33.5 Å². The molecular weight excluding hydrogens is 427 g/mol. The maximum absolute atomic E-state index is 11.2. The molecule has 2 N–H and O–H groups in total. The van der Waals surface area contributed by atoms with Crippen molar-refractivity contribution in [2.45, 2.75) is 0 Å². The highest BCUT2D eigenvalue weighted by atomic mass is 127. The Hall–Kier alpha value is -1.79. The van der Waals surface area contributed by atoms with Gasteiger partial charge in [-0.1, -0.05) is 0 Å². The van der Waals surface area contributed by atoms with Crippen LogP contribution in [0.5, 0.6) is 5.75 Å². The van der Waals surface area contributed by atoms with E-state index in [0.717, 1.165) is 12.1 Å². The molecule has 0 atom stereocenters. The SMILES string of the molecule is COCCOCCOc1cc(C(=O)O)c(I(=O)=O)cc1C(=O)O. The molecule has 0 saturated heterocycles. The maximum Gasteiger partial charge on any atom is 0.341 e. The van der Waals surface area contributed by atoms with Gasteiger partial charge in [-0.2, -0.15) is 0 Å². The summed E-state index contributed by atoms with van der Waals surface area (Å²) in [5.41, 5.74) is -0.934. The molecule has 0 aliphatic carbocycles. The molecule has 128 valence electrons. The molecule has 0 radical (unpaired) electrons. The summed E-state index contributed by atoms with van der Waals surface area (Å²) in [6, 6.07) is 1.70. The number of aromatic carboxylic acids is 2. The quantitative estimate of drug-likeness (QED) is 0.408. The number of rotatable bonds is 10. The first-order chi connectivity index (χ1) is 10.9. The van der Waals surface area contributed by atoms with Crippen LogP contribution < -0.4 is 4.74 Å². The van der Waals surface area contributed by atoms with Gasteiger partial charge in [0.05, 0.1) is 29.0 Å². The third-order valence-corrected chi connectivity index (χ3v) is 4.45. The van der Waals surface area contributed by atoms with Crippen LogP contribution in [0.2, 0.25) is 0 Å². The van der Waals surface area contributed by atoms with Crippen LogP contribution in [-0.4, -0.2) is 55.7 Å². The minimum absolute atomic E-state index is 0.0283. The molecule has 9 nitrogen and oxygen atoms in total. The molecule has 23 heavy (non-hydrogen) atoms. The lowest BCUT2D eigenvalue weighted by molar-refractivity contribution is 0.0534. The molecule has 0 aliphatic rings. The monoisotopic (exact) mass is 442 g/mol. The number of ether oxygens (including phenoxy) is 3. The Morgan fingerprint density at radius 3 is 2.13 bits per heavy atom. The lowest BCUT2D eigenvalue weighted by Gasteiger charge is -2.11. The fourth-order valence-corrected chi connectivity index (χ4v) is 3.01. The first-order valence-corrected chi connectivity index (χ1v) is 9.12. The fraction of sp³-hybridized carbons (Fsp3) is 0.385. The van der Waals surface area contributed by atoms with Gasteiger partial charge < -0.3 is 24.4 Å². The standard InChI is InChI=1S/C13H15IO9/c1-21-2-3-22-4-5-23-11-7-8(12(15)16)10(14(19)20)6-9(11)13(17)18/h6-7H,2-5H2,1H3,(H,15,16)(H,17,18). The second kappa shape index (κ2) is 9.37. The van der Waals surface area contributed by atoms with Crippen LogP contribution in [0.3, 0.4) is 0 Å². The van der Waals surface area contributed by atoms with Crippen LogP contribution in [-0.2, 0) is 15.6 Å². The van der Waals surface area contributed by atoms with Crippen LogP contribution in [0.25, 0.3) is 0 Å². The van der Waals surface area contributed by atoms with Crippen molar-refractivity contribution >= 4 is 31.7 Å². The van der Waals surface area contributed by atoms with E-state index in [0.29, 0.717) is 13.2 Å². The van der Waals surface area contributed by atoms with Crippen LogP contribution in [0.15, 0.2) is 12.1 Å². The van der Waals surface area contributed by atoms with E-state index in [2.05, 4.69) is 0 Å². The highest BCUT2D eigenvalue weighted by Gasteiger charge is 2.22. The Morgan fingerprint density at radius 2 is 1.61 bits per heavy atom. The predicted octanol–water partition coefficient (Wildman–Crippen LogP) is 1.49. The molecule has 0 bridgehead atoms. The second-order valence-corrected chi connectivity index (χ2v) is 6.51. The molecular formula is C13H15IO9. The Labute approximate surface area is 138 Å². The third-order valence-electron chi connectivity index (χ3n) is 2.61. The largest absolute Gasteiger partial charge is 0.490 e. The summed E-state index contributed by atoms with van der Waals surface area (Å²) in [5.74, 6) is -3.13. The van der Waals surface area contributed by atoms with Gasteiger partial charge in [0, 0.05) is 7.11 Å². The van der Waals surface area contributed by atoms with Crippen LogP contribution in [0, 0.1) is 3.57 Å². The lowest BCUT2D eigenvalue weighted by Crippen LogP contribution is -2.13. The first kappa shape index (κ1) is 19.3. The predicted molar refractivity (Wildman–Crippen MR) is 82.6 cm³/mol. The summed E-state index contributed by atoms with van der Waals surface area (Å²) >= 11 is -4.18. The van der Waals surface area contributed by atoms with E-state index < -0.39 is 46.4 Å². The number of carbonyl (C=O) groups is 2. The molecule has 0 amide bonds. The van der Waals surface area contributed by atoms with Crippen molar-refractivity contribution in [2.24, 2.45) is 0 Å². The summed E-state index contributed by atoms with van der Waals surface area (Å²) < 4.78 is 37.0. The summed E-state index contributed by atoms with van der Waals surface area (Å²) in [7, 11) is 1.51. The Bertz CT molecular complexity index is 643. The van der Waals surface area contributed by atoms with Gasteiger partial charge in [-0.05, 0) is 12.1 Å². The summed E-state index contributed by atoms with van der Waals surface area (Å²) in [5, 5.41) is 18.2. The molecule has 1 aromatic carbocycles. The van der Waals surface area contributed by atoms with Gasteiger partial charge in [-0.15, -0.1) is 0 Å². The van der Waals surface area contributed by atoms with Crippen LogP contribution >= 0.6 is 19.8 Å². The van der Waals surface area contributed by atoms with E-state index >= 15 is 0 Å².